The van der Waals surface area contributed by atoms with E-state index in [2.05, 4.69) is 21.3 Å². The van der Waals surface area contributed by atoms with Gasteiger partial charge >= 0.3 is 0 Å². The van der Waals surface area contributed by atoms with Crippen molar-refractivity contribution in [2.45, 2.75) is 6.92 Å². The lowest BCUT2D eigenvalue weighted by atomic mass is 10.0. The first-order valence-electron chi connectivity index (χ1n) is 10.6. The maximum absolute atomic E-state index is 9.67. The minimum atomic E-state index is 0.526. The van der Waals surface area contributed by atoms with E-state index in [4.69, 9.17) is 14.7 Å². The molecule has 0 bridgehead atoms. The molecule has 1 saturated heterocycles. The van der Waals surface area contributed by atoms with Crippen molar-refractivity contribution in [2.24, 2.45) is 0 Å². The van der Waals surface area contributed by atoms with Crippen molar-refractivity contribution in [2.75, 3.05) is 36.5 Å². The molecule has 1 aliphatic rings. The molecule has 1 aromatic carbocycles. The number of nitrogens with one attached hydrogen (secondary N) is 1. The fraction of sp³-hybridized carbons (Fsp3) is 0.200. The Balaban J connectivity index is 1.64. The van der Waals surface area contributed by atoms with Gasteiger partial charge in [-0.15, -0.1) is 0 Å². The largest absolute Gasteiger partial charge is 0.378 e. The monoisotopic (exact) mass is 422 g/mol. The van der Waals surface area contributed by atoms with Crippen LogP contribution in [0.5, 0.6) is 0 Å². The van der Waals surface area contributed by atoms with Crippen LogP contribution in [0.3, 0.4) is 0 Å². The third-order valence-corrected chi connectivity index (χ3v) is 5.61. The lowest BCUT2D eigenvalue weighted by Gasteiger charge is -2.28. The van der Waals surface area contributed by atoms with Crippen LogP contribution in [0.25, 0.3) is 22.3 Å². The van der Waals surface area contributed by atoms with Gasteiger partial charge in [0.1, 0.15) is 17.7 Å². The summed E-state index contributed by atoms with van der Waals surface area (Å²) in [5.74, 6) is 1.65. The zero-order valence-corrected chi connectivity index (χ0v) is 17.7. The summed E-state index contributed by atoms with van der Waals surface area (Å²) in [6, 6.07) is 19.6. The Morgan fingerprint density at radius 2 is 1.84 bits per heavy atom. The molecule has 0 spiro atoms. The van der Waals surface area contributed by atoms with E-state index in [9.17, 15) is 5.26 Å². The molecule has 1 aliphatic heterocycles. The minimum absolute atomic E-state index is 0.526. The molecule has 0 aliphatic carbocycles. The number of nitriles is 1. The normalized spacial score (nSPS) is 13.7. The molecule has 0 saturated carbocycles. The number of rotatable bonds is 4. The molecule has 4 heterocycles. The molecule has 5 rings (SSSR count). The Morgan fingerprint density at radius 1 is 1.00 bits per heavy atom. The van der Waals surface area contributed by atoms with E-state index in [-0.39, 0.29) is 0 Å². The first kappa shape index (κ1) is 19.9. The van der Waals surface area contributed by atoms with Crippen LogP contribution in [-0.4, -0.2) is 41.3 Å². The number of para-hydroxylation sites is 1. The summed E-state index contributed by atoms with van der Waals surface area (Å²) >= 11 is 0. The summed E-state index contributed by atoms with van der Waals surface area (Å²) in [7, 11) is 0. The molecule has 4 aromatic rings. The lowest BCUT2D eigenvalue weighted by molar-refractivity contribution is 0.122. The highest BCUT2D eigenvalue weighted by Crippen LogP contribution is 2.35. The van der Waals surface area contributed by atoms with Gasteiger partial charge < -0.3 is 15.0 Å². The van der Waals surface area contributed by atoms with Gasteiger partial charge in [0.25, 0.3) is 0 Å². The van der Waals surface area contributed by atoms with Gasteiger partial charge in [-0.05, 0) is 37.3 Å². The molecule has 158 valence electrons. The Labute approximate surface area is 186 Å². The quantitative estimate of drug-likeness (QED) is 0.520. The zero-order chi connectivity index (χ0) is 21.9. The molecule has 1 N–H and O–H groups in total. The number of fused-ring (bicyclic) bond motifs is 1. The van der Waals surface area contributed by atoms with Crippen molar-refractivity contribution >= 4 is 28.2 Å². The molecule has 0 unspecified atom stereocenters. The second kappa shape index (κ2) is 8.61. The van der Waals surface area contributed by atoms with Gasteiger partial charge in [-0.1, -0.05) is 24.3 Å². The highest BCUT2D eigenvalue weighted by atomic mass is 16.5. The van der Waals surface area contributed by atoms with Crippen LogP contribution in [0.2, 0.25) is 0 Å². The van der Waals surface area contributed by atoms with E-state index in [1.165, 1.54) is 0 Å². The number of nitrogens with zero attached hydrogens (tertiary/aromatic N) is 5. The molecule has 1 fully saturated rings. The predicted molar refractivity (Wildman–Crippen MR) is 125 cm³/mol. The van der Waals surface area contributed by atoms with Crippen LogP contribution in [0, 0.1) is 18.3 Å². The Morgan fingerprint density at radius 3 is 2.62 bits per heavy atom. The molecule has 32 heavy (non-hydrogen) atoms. The maximum Gasteiger partial charge on any atom is 0.132 e. The molecule has 7 nitrogen and oxygen atoms in total. The molecule has 0 atom stereocenters. The van der Waals surface area contributed by atoms with Crippen LogP contribution in [-0.2, 0) is 4.74 Å². The lowest BCUT2D eigenvalue weighted by Crippen LogP contribution is -2.36. The van der Waals surface area contributed by atoms with Gasteiger partial charge in [0.05, 0.1) is 41.4 Å². The summed E-state index contributed by atoms with van der Waals surface area (Å²) in [6.07, 6.45) is 1.75. The van der Waals surface area contributed by atoms with Crippen LogP contribution < -0.4 is 10.2 Å². The van der Waals surface area contributed by atoms with Gasteiger partial charge in [0, 0.05) is 30.2 Å². The Hall–Kier alpha value is -4.02. The summed E-state index contributed by atoms with van der Waals surface area (Å²) in [4.78, 5) is 16.4. The Kier molecular flexibility index (Phi) is 5.36. The average molecular weight is 422 g/mol. The van der Waals surface area contributed by atoms with Crippen molar-refractivity contribution in [1.82, 2.24) is 15.0 Å². The average Bonchev–Trinajstić information content (AvgIpc) is 2.86. The van der Waals surface area contributed by atoms with Crippen LogP contribution in [0.4, 0.5) is 17.3 Å². The summed E-state index contributed by atoms with van der Waals surface area (Å²) in [5, 5.41) is 14.1. The van der Waals surface area contributed by atoms with Crippen LogP contribution in [0.1, 0.15) is 11.1 Å². The van der Waals surface area contributed by atoms with Gasteiger partial charge in [-0.2, -0.15) is 5.26 Å². The molecule has 3 aromatic heterocycles. The number of ether oxygens (including phenoxy) is 1. The number of hydrogen-bond donors (Lipinski definition) is 1. The van der Waals surface area contributed by atoms with Crippen LogP contribution in [0.15, 0.2) is 60.8 Å². The first-order valence-corrected chi connectivity index (χ1v) is 10.6. The number of pyridine rings is 3. The highest BCUT2D eigenvalue weighted by molar-refractivity contribution is 5.99. The van der Waals surface area contributed by atoms with E-state index in [0.717, 1.165) is 52.8 Å². The third-order valence-electron chi connectivity index (χ3n) is 5.61. The molecular weight excluding hydrogens is 400 g/mol. The van der Waals surface area contributed by atoms with Crippen molar-refractivity contribution in [1.29, 1.82) is 5.26 Å². The molecule has 7 heteroatoms. The highest BCUT2D eigenvalue weighted by Gasteiger charge is 2.18. The molecular formula is C25H22N6O. The van der Waals surface area contributed by atoms with Gasteiger partial charge in [-0.25, -0.2) is 9.97 Å². The summed E-state index contributed by atoms with van der Waals surface area (Å²) in [6.45, 7) is 5.07. The van der Waals surface area contributed by atoms with E-state index in [0.29, 0.717) is 24.3 Å². The second-order valence-electron chi connectivity index (χ2n) is 7.59. The fourth-order valence-corrected chi connectivity index (χ4v) is 3.97. The van der Waals surface area contributed by atoms with Gasteiger partial charge in [0.2, 0.25) is 0 Å². The second-order valence-corrected chi connectivity index (χ2v) is 7.59. The first-order chi connectivity index (χ1) is 15.7. The number of hydrogen-bond acceptors (Lipinski definition) is 7. The van der Waals surface area contributed by atoms with E-state index < -0.39 is 0 Å². The number of benzene rings is 1. The molecule has 0 radical (unpaired) electrons. The fourth-order valence-electron chi connectivity index (χ4n) is 3.97. The number of anilines is 3. The van der Waals surface area contributed by atoms with Crippen molar-refractivity contribution in [3.8, 4) is 17.5 Å². The maximum atomic E-state index is 9.67. The summed E-state index contributed by atoms with van der Waals surface area (Å²) in [5.41, 5.74) is 4.50. The number of morpholine rings is 1. The van der Waals surface area contributed by atoms with Crippen molar-refractivity contribution in [3.05, 3.63) is 71.9 Å². The minimum Gasteiger partial charge on any atom is -0.378 e. The predicted octanol–water partition coefficient (Wildman–Crippen LogP) is 4.45. The zero-order valence-electron chi connectivity index (χ0n) is 17.7. The van der Waals surface area contributed by atoms with E-state index >= 15 is 0 Å². The third kappa shape index (κ3) is 3.72. The van der Waals surface area contributed by atoms with Gasteiger partial charge in [0.15, 0.2) is 0 Å². The SMILES string of the molecule is Cc1c(-c2ccccn2)nc2c(C#N)cccc2c1Nc1cccc(N2CCOCC2)n1. The number of aromatic nitrogens is 3. The van der Waals surface area contributed by atoms with Crippen LogP contribution >= 0.6 is 0 Å². The van der Waals surface area contributed by atoms with Gasteiger partial charge in [-0.3, -0.25) is 4.98 Å². The Bertz CT molecular complexity index is 1310. The summed E-state index contributed by atoms with van der Waals surface area (Å²) < 4.78 is 5.46. The molecule has 0 amide bonds. The van der Waals surface area contributed by atoms with E-state index in [1.807, 2.05) is 55.5 Å². The van der Waals surface area contributed by atoms with Crippen molar-refractivity contribution in [3.63, 3.8) is 0 Å². The van der Waals surface area contributed by atoms with E-state index in [1.54, 1.807) is 12.3 Å². The van der Waals surface area contributed by atoms with Crippen molar-refractivity contribution < 1.29 is 4.74 Å². The topological polar surface area (TPSA) is 87.0 Å². The smallest absolute Gasteiger partial charge is 0.132 e. The standard InChI is InChI=1S/C25H22N6O/c1-17-23(29-21-9-5-10-22(28-21)31-12-14-32-15-13-31)19-7-4-6-18(16-26)25(19)30-24(17)20-8-2-3-11-27-20/h2-11H,12-15H2,1H3,(H,28,29,30).